The second-order valence-electron chi connectivity index (χ2n) is 7.42. The van der Waals surface area contributed by atoms with Gasteiger partial charge < -0.3 is 24.4 Å². The fraction of sp³-hybridized carbons (Fsp3) is 0.167. The number of anilines is 1. The van der Waals surface area contributed by atoms with Crippen LogP contribution in [0.2, 0.25) is 5.02 Å². The molecule has 1 aromatic heterocycles. The number of carbonyl (C=O) groups is 1. The van der Waals surface area contributed by atoms with Crippen LogP contribution in [0.5, 0.6) is 5.88 Å². The van der Waals surface area contributed by atoms with Crippen LogP contribution in [0.15, 0.2) is 53.1 Å². The summed E-state index contributed by atoms with van der Waals surface area (Å²) >= 11 is 6.54. The molecule has 0 bridgehead atoms. The number of rotatable bonds is 4. The number of aromatic nitrogens is 1. The van der Waals surface area contributed by atoms with Crippen molar-refractivity contribution in [3.63, 3.8) is 0 Å². The highest BCUT2D eigenvalue weighted by atomic mass is 35.5. The lowest BCUT2D eigenvalue weighted by Crippen LogP contribution is -2.05. The Labute approximate surface area is 188 Å². The highest BCUT2D eigenvalue weighted by Crippen LogP contribution is 2.42. The van der Waals surface area contributed by atoms with Gasteiger partial charge in [0.15, 0.2) is 5.76 Å². The van der Waals surface area contributed by atoms with Crippen molar-refractivity contribution in [1.82, 2.24) is 5.16 Å². The number of benzene rings is 2. The molecule has 1 amide bonds. The average Bonchev–Trinajstić information content (AvgIpc) is 3.42. The molecule has 32 heavy (non-hydrogen) atoms. The highest BCUT2D eigenvalue weighted by Gasteiger charge is 2.31. The van der Waals surface area contributed by atoms with Crippen molar-refractivity contribution >= 4 is 40.1 Å². The average molecular weight is 451 g/mol. The lowest BCUT2D eigenvalue weighted by molar-refractivity contribution is -0.110. The van der Waals surface area contributed by atoms with Gasteiger partial charge in [0.25, 0.3) is 11.8 Å². The van der Waals surface area contributed by atoms with E-state index in [2.05, 4.69) is 28.7 Å². The maximum absolute atomic E-state index is 12.6. The molecule has 8 heteroatoms. The molecule has 2 aromatic carbocycles. The van der Waals surface area contributed by atoms with E-state index >= 15 is 0 Å². The molecule has 0 fully saturated rings. The summed E-state index contributed by atoms with van der Waals surface area (Å²) in [6.07, 6.45) is 2.98. The summed E-state index contributed by atoms with van der Waals surface area (Å²) in [5.74, 6) is -0.553. The molecule has 0 aliphatic carbocycles. The number of aliphatic hydroxyl groups is 1. The first kappa shape index (κ1) is 20.4. The van der Waals surface area contributed by atoms with Crippen LogP contribution in [0.1, 0.15) is 23.3 Å². The van der Waals surface area contributed by atoms with Crippen molar-refractivity contribution in [2.45, 2.75) is 6.42 Å². The number of carbonyl (C=O) groups excluding carboxylic acids is 1. The number of hydrogen-bond acceptors (Lipinski definition) is 6. The SMILES string of the molecule is COc1cc(/C(O)=C2\C(=O)Nc3cc(Cl)c(-c4ccc(C5=CCOCC5)cc4)cc32)on1. The van der Waals surface area contributed by atoms with Gasteiger partial charge in [0.2, 0.25) is 5.76 Å². The quantitative estimate of drug-likeness (QED) is 0.420. The summed E-state index contributed by atoms with van der Waals surface area (Å²) in [5, 5.41) is 17.6. The predicted octanol–water partition coefficient (Wildman–Crippen LogP) is 5.19. The molecule has 2 aliphatic heterocycles. The third-order valence-corrected chi connectivity index (χ3v) is 5.86. The lowest BCUT2D eigenvalue weighted by atomic mass is 9.95. The summed E-state index contributed by atoms with van der Waals surface area (Å²) in [6.45, 7) is 1.35. The molecule has 0 atom stereocenters. The number of methoxy groups -OCH3 is 1. The molecule has 0 radical (unpaired) electrons. The zero-order valence-electron chi connectivity index (χ0n) is 17.1. The van der Waals surface area contributed by atoms with E-state index in [0.717, 1.165) is 29.7 Å². The van der Waals surface area contributed by atoms with E-state index in [4.69, 9.17) is 25.6 Å². The maximum Gasteiger partial charge on any atom is 0.260 e. The van der Waals surface area contributed by atoms with Gasteiger partial charge in [-0.3, -0.25) is 4.79 Å². The molecular weight excluding hydrogens is 432 g/mol. The van der Waals surface area contributed by atoms with Crippen LogP contribution in [-0.2, 0) is 9.53 Å². The van der Waals surface area contributed by atoms with Gasteiger partial charge in [0, 0.05) is 11.1 Å². The molecule has 5 rings (SSSR count). The molecular formula is C24H19ClN2O5. The van der Waals surface area contributed by atoms with Gasteiger partial charge in [-0.2, -0.15) is 0 Å². The zero-order valence-corrected chi connectivity index (χ0v) is 17.9. The Morgan fingerprint density at radius 3 is 2.62 bits per heavy atom. The van der Waals surface area contributed by atoms with Crippen LogP contribution in [0, 0.1) is 0 Å². The normalized spacial score (nSPS) is 16.9. The molecule has 2 aliphatic rings. The number of hydrogen-bond donors (Lipinski definition) is 2. The monoisotopic (exact) mass is 450 g/mol. The zero-order chi connectivity index (χ0) is 22.2. The third-order valence-electron chi connectivity index (χ3n) is 5.55. The minimum Gasteiger partial charge on any atom is -0.504 e. The maximum atomic E-state index is 12.6. The van der Waals surface area contributed by atoms with Crippen molar-refractivity contribution in [3.8, 4) is 17.0 Å². The molecule has 3 aromatic rings. The van der Waals surface area contributed by atoms with Crippen LogP contribution in [0.25, 0.3) is 28.0 Å². The molecule has 0 unspecified atom stereocenters. The summed E-state index contributed by atoms with van der Waals surface area (Å²) in [6, 6.07) is 13.0. The second-order valence-corrected chi connectivity index (χ2v) is 7.83. The number of ether oxygens (including phenoxy) is 2. The summed E-state index contributed by atoms with van der Waals surface area (Å²) in [5.41, 5.74) is 5.17. The minimum absolute atomic E-state index is 0.0328. The smallest absolute Gasteiger partial charge is 0.260 e. The number of aliphatic hydroxyl groups excluding tert-OH is 1. The number of halogens is 1. The molecule has 2 N–H and O–H groups in total. The van der Waals surface area contributed by atoms with E-state index in [-0.39, 0.29) is 23.0 Å². The Balaban J connectivity index is 1.55. The Kier molecular flexibility index (Phi) is 5.20. The van der Waals surface area contributed by atoms with Gasteiger partial charge in [-0.15, -0.1) is 0 Å². The molecule has 0 saturated heterocycles. The predicted molar refractivity (Wildman–Crippen MR) is 121 cm³/mol. The van der Waals surface area contributed by atoms with E-state index in [1.165, 1.54) is 18.7 Å². The van der Waals surface area contributed by atoms with Gasteiger partial charge in [0.1, 0.15) is 0 Å². The van der Waals surface area contributed by atoms with Gasteiger partial charge in [-0.1, -0.05) is 41.9 Å². The van der Waals surface area contributed by atoms with Gasteiger partial charge in [-0.25, -0.2) is 0 Å². The number of nitrogens with zero attached hydrogens (tertiary/aromatic N) is 1. The number of nitrogens with one attached hydrogen (secondary N) is 1. The van der Waals surface area contributed by atoms with Crippen molar-refractivity contribution in [3.05, 3.63) is 70.5 Å². The first-order valence-corrected chi connectivity index (χ1v) is 10.4. The van der Waals surface area contributed by atoms with E-state index in [9.17, 15) is 9.90 Å². The Morgan fingerprint density at radius 2 is 1.94 bits per heavy atom. The van der Waals surface area contributed by atoms with Gasteiger partial charge in [-0.05, 0) is 40.4 Å². The first-order chi connectivity index (χ1) is 15.5. The van der Waals surface area contributed by atoms with E-state index in [1.54, 1.807) is 12.1 Å². The summed E-state index contributed by atoms with van der Waals surface area (Å²) in [4.78, 5) is 12.6. The number of amides is 1. The van der Waals surface area contributed by atoms with Gasteiger partial charge in [0.05, 0.1) is 42.7 Å². The topological polar surface area (TPSA) is 93.8 Å². The van der Waals surface area contributed by atoms with E-state index in [1.807, 2.05) is 12.1 Å². The first-order valence-electron chi connectivity index (χ1n) is 10.0. The van der Waals surface area contributed by atoms with Crippen molar-refractivity contribution in [2.75, 3.05) is 25.6 Å². The molecule has 162 valence electrons. The van der Waals surface area contributed by atoms with E-state index < -0.39 is 5.91 Å². The Bertz CT molecular complexity index is 1270. The lowest BCUT2D eigenvalue weighted by Gasteiger charge is -2.14. The second kappa shape index (κ2) is 8.18. The van der Waals surface area contributed by atoms with Crippen LogP contribution in [0.3, 0.4) is 0 Å². The Hall–Kier alpha value is -3.55. The summed E-state index contributed by atoms with van der Waals surface area (Å²) < 4.78 is 15.5. The Morgan fingerprint density at radius 1 is 1.16 bits per heavy atom. The molecule has 0 spiro atoms. The molecule has 3 heterocycles. The van der Waals surface area contributed by atoms with Crippen LogP contribution in [0.4, 0.5) is 5.69 Å². The van der Waals surface area contributed by atoms with Crippen molar-refractivity contribution in [1.29, 1.82) is 0 Å². The number of fused-ring (bicyclic) bond motifs is 1. The largest absolute Gasteiger partial charge is 0.504 e. The van der Waals surface area contributed by atoms with Crippen molar-refractivity contribution < 1.29 is 23.9 Å². The highest BCUT2D eigenvalue weighted by molar-refractivity contribution is 6.38. The van der Waals surface area contributed by atoms with Gasteiger partial charge >= 0.3 is 0 Å². The standard InChI is InChI=1S/C24H19ClN2O5/c1-30-21-12-20(32-27-21)23(28)22-17-10-16(18(25)11-19(17)26-24(22)29)15-4-2-13(3-5-15)14-6-8-31-9-7-14/h2-6,10-12,28H,7-9H2,1H3,(H,26,29)/b23-22+. The van der Waals surface area contributed by atoms with E-state index in [0.29, 0.717) is 22.9 Å². The minimum atomic E-state index is -0.456. The summed E-state index contributed by atoms with van der Waals surface area (Å²) in [7, 11) is 1.43. The van der Waals surface area contributed by atoms with Crippen molar-refractivity contribution in [2.24, 2.45) is 0 Å². The third kappa shape index (κ3) is 3.55. The van der Waals surface area contributed by atoms with Crippen LogP contribution < -0.4 is 10.1 Å². The van der Waals surface area contributed by atoms with Crippen LogP contribution >= 0.6 is 11.6 Å². The fourth-order valence-electron chi connectivity index (χ4n) is 3.89. The fourth-order valence-corrected chi connectivity index (χ4v) is 4.16. The molecule has 0 saturated carbocycles. The van der Waals surface area contributed by atoms with Crippen LogP contribution in [-0.4, -0.2) is 36.5 Å². The molecule has 7 nitrogen and oxygen atoms in total.